The molecule has 1 aromatic carbocycles. The molecule has 0 spiro atoms. The van der Waals surface area contributed by atoms with Gasteiger partial charge in [0.2, 0.25) is 11.8 Å². The maximum atomic E-state index is 14.0. The molecule has 2 aliphatic rings. The number of nitrogens with one attached hydrogen (secondary N) is 1. The smallest absolute Gasteiger partial charge is 0.251 e. The molecular formula is C31H28N4O4S2. The number of fused-ring (bicyclic) bond motifs is 1. The van der Waals surface area contributed by atoms with Crippen LogP contribution in [0.2, 0.25) is 0 Å². The van der Waals surface area contributed by atoms with Crippen LogP contribution in [0.1, 0.15) is 27.2 Å². The minimum Gasteiger partial charge on any atom is -0.340 e. The molecule has 5 heterocycles. The van der Waals surface area contributed by atoms with E-state index in [4.69, 9.17) is 0 Å². The number of nitrogens with zero attached hydrogens (tertiary/aromatic N) is 3. The van der Waals surface area contributed by atoms with Gasteiger partial charge in [0, 0.05) is 40.7 Å². The van der Waals surface area contributed by atoms with Crippen LogP contribution in [0, 0.1) is 0 Å². The van der Waals surface area contributed by atoms with Crippen molar-refractivity contribution in [2.24, 2.45) is 0 Å². The van der Waals surface area contributed by atoms with E-state index in [2.05, 4.69) is 10.3 Å². The van der Waals surface area contributed by atoms with Crippen molar-refractivity contribution >= 4 is 46.2 Å². The summed E-state index contributed by atoms with van der Waals surface area (Å²) in [6.07, 6.45) is 4.29. The van der Waals surface area contributed by atoms with Crippen LogP contribution in [-0.2, 0) is 27.2 Å². The predicted molar refractivity (Wildman–Crippen MR) is 158 cm³/mol. The van der Waals surface area contributed by atoms with Gasteiger partial charge in [-0.15, -0.1) is 22.7 Å². The van der Waals surface area contributed by atoms with E-state index in [1.165, 1.54) is 11.3 Å². The SMILES string of the molecule is O=C(NC(Cc1cccs1)C(=O)N1CCC2C1C(=O)CN2C(=O)Cc1cccnc1)c1ccc(-c2cccs2)cc1. The molecule has 3 amide bonds. The monoisotopic (exact) mass is 584 g/mol. The average Bonchev–Trinajstić information content (AvgIpc) is 3.80. The van der Waals surface area contributed by atoms with Gasteiger partial charge in [-0.05, 0) is 58.6 Å². The van der Waals surface area contributed by atoms with E-state index < -0.39 is 12.1 Å². The Balaban J connectivity index is 1.18. The summed E-state index contributed by atoms with van der Waals surface area (Å²) in [6, 6.07) is 16.9. The van der Waals surface area contributed by atoms with Gasteiger partial charge in [-0.25, -0.2) is 0 Å². The van der Waals surface area contributed by atoms with Gasteiger partial charge in [0.1, 0.15) is 12.1 Å². The Morgan fingerprint density at radius 3 is 2.49 bits per heavy atom. The third kappa shape index (κ3) is 5.71. The first-order chi connectivity index (χ1) is 20.0. The Morgan fingerprint density at radius 1 is 0.976 bits per heavy atom. The number of rotatable bonds is 8. The summed E-state index contributed by atoms with van der Waals surface area (Å²) >= 11 is 3.14. The molecule has 0 radical (unpaired) electrons. The number of carbonyl (C=O) groups excluding carboxylic acids is 4. The number of hydrogen-bond acceptors (Lipinski definition) is 7. The van der Waals surface area contributed by atoms with Crippen molar-refractivity contribution in [2.45, 2.75) is 37.4 Å². The maximum absolute atomic E-state index is 14.0. The fourth-order valence-electron chi connectivity index (χ4n) is 5.67. The highest BCUT2D eigenvalue weighted by Gasteiger charge is 2.52. The van der Waals surface area contributed by atoms with Gasteiger partial charge in [-0.2, -0.15) is 0 Å². The molecule has 4 aromatic rings. The second-order valence-electron chi connectivity index (χ2n) is 10.2. The Morgan fingerprint density at radius 2 is 1.78 bits per heavy atom. The zero-order valence-corrected chi connectivity index (χ0v) is 23.8. The number of Topliss-reactive ketones (excluding diaryl/α,β-unsaturated/α-hetero) is 1. The highest BCUT2D eigenvalue weighted by atomic mass is 32.1. The standard InChI is InChI=1S/C31H28N4O4S2/c36-26-19-35(28(37)16-20-4-1-12-32-18-20)25-11-13-34(29(25)26)31(39)24(17-23-5-2-14-40-23)33-30(38)22-9-7-21(8-10-22)27-6-3-15-41-27/h1-10,12,14-15,18,24-25,29H,11,13,16-17,19H2,(H,33,38). The van der Waals surface area contributed by atoms with Gasteiger partial charge in [0.25, 0.3) is 5.91 Å². The van der Waals surface area contributed by atoms with Gasteiger partial charge >= 0.3 is 0 Å². The summed E-state index contributed by atoms with van der Waals surface area (Å²) in [5, 5.41) is 6.88. The molecule has 0 bridgehead atoms. The number of pyridine rings is 1. The third-order valence-electron chi connectivity index (χ3n) is 7.65. The quantitative estimate of drug-likeness (QED) is 0.339. The average molecular weight is 585 g/mol. The summed E-state index contributed by atoms with van der Waals surface area (Å²) in [5.74, 6) is -0.947. The number of aromatic nitrogens is 1. The van der Waals surface area contributed by atoms with Gasteiger partial charge in [-0.3, -0.25) is 24.2 Å². The van der Waals surface area contributed by atoms with Gasteiger partial charge in [-0.1, -0.05) is 30.3 Å². The normalized spacial score (nSPS) is 18.8. The fourth-order valence-corrected chi connectivity index (χ4v) is 7.15. The zero-order valence-electron chi connectivity index (χ0n) is 22.1. The molecule has 3 unspecified atom stereocenters. The number of likely N-dealkylation sites (tertiary alicyclic amines) is 2. The molecule has 10 heteroatoms. The summed E-state index contributed by atoms with van der Waals surface area (Å²) in [5.41, 5.74) is 2.26. The van der Waals surface area contributed by atoms with Crippen LogP contribution in [0.3, 0.4) is 0 Å². The maximum Gasteiger partial charge on any atom is 0.251 e. The van der Waals surface area contributed by atoms with E-state index >= 15 is 0 Å². The van der Waals surface area contributed by atoms with Crippen LogP contribution in [0.5, 0.6) is 0 Å². The summed E-state index contributed by atoms with van der Waals surface area (Å²) < 4.78 is 0. The largest absolute Gasteiger partial charge is 0.340 e. The van der Waals surface area contributed by atoms with Crippen LogP contribution in [-0.4, -0.2) is 69.5 Å². The van der Waals surface area contributed by atoms with Crippen molar-refractivity contribution in [1.82, 2.24) is 20.1 Å². The van der Waals surface area contributed by atoms with Crippen LogP contribution in [0.4, 0.5) is 0 Å². The second-order valence-corrected chi connectivity index (χ2v) is 12.2. The molecule has 0 saturated carbocycles. The van der Waals surface area contributed by atoms with Crippen LogP contribution in [0.25, 0.3) is 10.4 Å². The molecule has 2 saturated heterocycles. The van der Waals surface area contributed by atoms with Crippen molar-refractivity contribution in [3.8, 4) is 10.4 Å². The molecule has 2 fully saturated rings. The molecule has 3 aromatic heterocycles. The lowest BCUT2D eigenvalue weighted by Crippen LogP contribution is -2.53. The molecule has 8 nitrogen and oxygen atoms in total. The van der Waals surface area contributed by atoms with Crippen LogP contribution < -0.4 is 5.32 Å². The van der Waals surface area contributed by atoms with Crippen molar-refractivity contribution in [1.29, 1.82) is 0 Å². The van der Waals surface area contributed by atoms with Crippen molar-refractivity contribution < 1.29 is 19.2 Å². The highest BCUT2D eigenvalue weighted by molar-refractivity contribution is 7.13. The minimum absolute atomic E-state index is 0.0171. The van der Waals surface area contributed by atoms with E-state index in [9.17, 15) is 19.2 Å². The summed E-state index contributed by atoms with van der Waals surface area (Å²) in [7, 11) is 0. The van der Waals surface area contributed by atoms with Gasteiger partial charge in [0.15, 0.2) is 5.78 Å². The topological polar surface area (TPSA) is 99.7 Å². The van der Waals surface area contributed by atoms with E-state index in [1.54, 1.807) is 51.7 Å². The van der Waals surface area contributed by atoms with E-state index in [0.29, 0.717) is 24.9 Å². The van der Waals surface area contributed by atoms with Crippen molar-refractivity contribution in [3.63, 3.8) is 0 Å². The van der Waals surface area contributed by atoms with E-state index in [0.717, 1.165) is 20.9 Å². The Kier molecular flexibility index (Phi) is 7.76. The van der Waals surface area contributed by atoms with Crippen LogP contribution >= 0.6 is 22.7 Å². The van der Waals surface area contributed by atoms with Crippen molar-refractivity contribution in [3.05, 3.63) is 99.8 Å². The minimum atomic E-state index is -0.843. The van der Waals surface area contributed by atoms with E-state index in [1.807, 2.05) is 53.2 Å². The molecule has 1 N–H and O–H groups in total. The first-order valence-corrected chi connectivity index (χ1v) is 15.2. The molecule has 41 heavy (non-hydrogen) atoms. The molecule has 208 valence electrons. The fraction of sp³-hybridized carbons (Fsp3) is 0.258. The number of hydrogen-bond donors (Lipinski definition) is 1. The molecule has 6 rings (SSSR count). The first-order valence-electron chi connectivity index (χ1n) is 13.5. The lowest BCUT2D eigenvalue weighted by atomic mass is 10.1. The molecule has 0 aliphatic carbocycles. The van der Waals surface area contributed by atoms with Gasteiger partial charge < -0.3 is 15.1 Å². The van der Waals surface area contributed by atoms with E-state index in [-0.39, 0.29) is 42.5 Å². The Bertz CT molecular complexity index is 1540. The van der Waals surface area contributed by atoms with Gasteiger partial charge in [0.05, 0.1) is 19.0 Å². The lowest BCUT2D eigenvalue weighted by molar-refractivity contribution is -0.138. The first kappa shape index (κ1) is 27.0. The number of benzene rings is 1. The summed E-state index contributed by atoms with van der Waals surface area (Å²) in [4.78, 5) is 62.9. The number of amides is 3. The second kappa shape index (κ2) is 11.8. The van der Waals surface area contributed by atoms with Crippen LogP contribution in [0.15, 0.2) is 83.8 Å². The highest BCUT2D eigenvalue weighted by Crippen LogP contribution is 2.31. The number of ketones is 1. The third-order valence-corrected chi connectivity index (χ3v) is 9.46. The zero-order chi connectivity index (χ0) is 28.3. The molecule has 2 aliphatic heterocycles. The van der Waals surface area contributed by atoms with Crippen molar-refractivity contribution in [2.75, 3.05) is 13.1 Å². The predicted octanol–water partition coefficient (Wildman–Crippen LogP) is 3.84. The Labute approximate surface area is 245 Å². The summed E-state index contributed by atoms with van der Waals surface area (Å²) in [6.45, 7) is 0.333. The number of carbonyl (C=O) groups is 4. The molecular weight excluding hydrogens is 556 g/mol. The Hall–Kier alpha value is -4.15. The lowest BCUT2D eigenvalue weighted by Gasteiger charge is -2.28. The molecule has 3 atom stereocenters. The number of thiophene rings is 2.